The lowest BCUT2D eigenvalue weighted by atomic mass is 10.00. The molecule has 2 rings (SSSR count). The monoisotopic (exact) mass is 319 g/mol. The molecule has 0 bridgehead atoms. The van der Waals surface area contributed by atoms with Crippen molar-refractivity contribution in [2.45, 2.75) is 33.2 Å². The van der Waals surface area contributed by atoms with Crippen molar-refractivity contribution in [1.82, 2.24) is 10.2 Å². The van der Waals surface area contributed by atoms with Gasteiger partial charge in [0.1, 0.15) is 0 Å². The van der Waals surface area contributed by atoms with Gasteiger partial charge in [0.25, 0.3) is 0 Å². The van der Waals surface area contributed by atoms with Gasteiger partial charge in [-0.2, -0.15) is 0 Å². The Morgan fingerprint density at radius 2 is 2.00 bits per heavy atom. The molecule has 1 aromatic carbocycles. The number of hydrogen-bond donors (Lipinski definition) is 1. The molecule has 5 nitrogen and oxygen atoms in total. The molecule has 0 radical (unpaired) electrons. The zero-order valence-corrected chi connectivity index (χ0v) is 14.8. The predicted molar refractivity (Wildman–Crippen MR) is 94.3 cm³/mol. The van der Waals surface area contributed by atoms with E-state index in [0.29, 0.717) is 6.54 Å². The van der Waals surface area contributed by atoms with Gasteiger partial charge in [0.15, 0.2) is 17.5 Å². The fourth-order valence-corrected chi connectivity index (χ4v) is 2.88. The lowest BCUT2D eigenvalue weighted by Gasteiger charge is -2.33. The molecule has 1 fully saturated rings. The first-order chi connectivity index (χ1) is 11.2. The van der Waals surface area contributed by atoms with Gasteiger partial charge < -0.3 is 19.7 Å². The van der Waals surface area contributed by atoms with E-state index in [-0.39, 0.29) is 0 Å². The first-order valence-corrected chi connectivity index (χ1v) is 8.42. The van der Waals surface area contributed by atoms with Crippen molar-refractivity contribution >= 4 is 5.96 Å². The summed E-state index contributed by atoms with van der Waals surface area (Å²) in [7, 11) is 3.33. The molecule has 1 heterocycles. The van der Waals surface area contributed by atoms with Crippen LogP contribution in [0.25, 0.3) is 0 Å². The third kappa shape index (κ3) is 4.53. The summed E-state index contributed by atoms with van der Waals surface area (Å²) in [5.41, 5.74) is 1.03. The van der Waals surface area contributed by atoms with Gasteiger partial charge in [-0.3, -0.25) is 0 Å². The molecular weight excluding hydrogens is 290 g/mol. The van der Waals surface area contributed by atoms with E-state index in [1.807, 2.05) is 18.2 Å². The van der Waals surface area contributed by atoms with E-state index in [1.165, 1.54) is 12.8 Å². The van der Waals surface area contributed by atoms with Crippen LogP contribution in [0.1, 0.15) is 32.3 Å². The second-order valence-corrected chi connectivity index (χ2v) is 5.99. The van der Waals surface area contributed by atoms with E-state index in [1.54, 1.807) is 14.2 Å². The van der Waals surface area contributed by atoms with Gasteiger partial charge in [0, 0.05) is 25.2 Å². The molecule has 0 saturated carbocycles. The van der Waals surface area contributed by atoms with Crippen LogP contribution in [-0.2, 0) is 6.54 Å². The van der Waals surface area contributed by atoms with E-state index in [9.17, 15) is 0 Å². The van der Waals surface area contributed by atoms with Crippen LogP contribution in [0.2, 0.25) is 0 Å². The number of benzene rings is 1. The molecule has 0 amide bonds. The first kappa shape index (κ1) is 17.4. The van der Waals surface area contributed by atoms with Crippen molar-refractivity contribution in [3.8, 4) is 11.5 Å². The molecule has 0 atom stereocenters. The molecular formula is C18H29N3O2. The summed E-state index contributed by atoms with van der Waals surface area (Å²) in [6, 6.07) is 5.91. The maximum Gasteiger partial charge on any atom is 0.194 e. The average molecular weight is 319 g/mol. The second-order valence-electron chi connectivity index (χ2n) is 5.99. The highest BCUT2D eigenvalue weighted by Crippen LogP contribution is 2.31. The molecule has 0 aliphatic carbocycles. The Morgan fingerprint density at radius 3 is 2.61 bits per heavy atom. The summed E-state index contributed by atoms with van der Waals surface area (Å²) >= 11 is 0. The zero-order chi connectivity index (χ0) is 16.7. The molecule has 1 aromatic rings. The summed E-state index contributed by atoms with van der Waals surface area (Å²) in [4.78, 5) is 7.17. The molecule has 23 heavy (non-hydrogen) atoms. The largest absolute Gasteiger partial charge is 0.493 e. The molecule has 1 saturated heterocycles. The van der Waals surface area contributed by atoms with Gasteiger partial charge in [0.05, 0.1) is 20.8 Å². The van der Waals surface area contributed by atoms with E-state index in [0.717, 1.165) is 48.6 Å². The topological polar surface area (TPSA) is 46.1 Å². The fraction of sp³-hybridized carbons (Fsp3) is 0.611. The van der Waals surface area contributed by atoms with Crippen LogP contribution in [0.3, 0.4) is 0 Å². The Labute approximate surface area is 139 Å². The number of likely N-dealkylation sites (tertiary alicyclic amines) is 1. The van der Waals surface area contributed by atoms with Crippen molar-refractivity contribution in [1.29, 1.82) is 0 Å². The minimum absolute atomic E-state index is 0.578. The summed E-state index contributed by atoms with van der Waals surface area (Å²) in [6.07, 6.45) is 2.46. The van der Waals surface area contributed by atoms with Crippen molar-refractivity contribution in [3.63, 3.8) is 0 Å². The van der Waals surface area contributed by atoms with Gasteiger partial charge in [-0.1, -0.05) is 19.1 Å². The second kappa shape index (κ2) is 8.65. The number of methoxy groups -OCH3 is 2. The lowest BCUT2D eigenvalue weighted by molar-refractivity contribution is 0.273. The van der Waals surface area contributed by atoms with E-state index >= 15 is 0 Å². The van der Waals surface area contributed by atoms with Crippen LogP contribution >= 0.6 is 0 Å². The average Bonchev–Trinajstić information content (AvgIpc) is 2.59. The number of nitrogens with one attached hydrogen (secondary N) is 1. The zero-order valence-electron chi connectivity index (χ0n) is 14.8. The molecule has 1 aliphatic heterocycles. The van der Waals surface area contributed by atoms with Crippen LogP contribution in [0.15, 0.2) is 23.2 Å². The van der Waals surface area contributed by atoms with Gasteiger partial charge in [0.2, 0.25) is 0 Å². The van der Waals surface area contributed by atoms with Crippen molar-refractivity contribution in [2.24, 2.45) is 10.9 Å². The number of guanidine groups is 1. The highest BCUT2D eigenvalue weighted by atomic mass is 16.5. The van der Waals surface area contributed by atoms with E-state index in [4.69, 9.17) is 14.5 Å². The third-order valence-electron chi connectivity index (χ3n) is 4.30. The highest BCUT2D eigenvalue weighted by molar-refractivity contribution is 5.80. The SMILES string of the molecule is CCNC(=NCc1cccc(OC)c1OC)N1CCC(C)CC1. The smallest absolute Gasteiger partial charge is 0.194 e. The maximum absolute atomic E-state index is 5.49. The molecule has 1 N–H and O–H groups in total. The molecule has 0 spiro atoms. The Morgan fingerprint density at radius 1 is 1.26 bits per heavy atom. The predicted octanol–water partition coefficient (Wildman–Crippen LogP) is 2.90. The third-order valence-corrected chi connectivity index (χ3v) is 4.30. The van der Waals surface area contributed by atoms with Gasteiger partial charge >= 0.3 is 0 Å². The number of para-hydroxylation sites is 1. The van der Waals surface area contributed by atoms with Crippen LogP contribution in [0.4, 0.5) is 0 Å². The Balaban J connectivity index is 2.14. The molecule has 0 aromatic heterocycles. The molecule has 0 unspecified atom stereocenters. The van der Waals surface area contributed by atoms with Crippen molar-refractivity contribution in [3.05, 3.63) is 23.8 Å². The summed E-state index contributed by atoms with van der Waals surface area (Å²) < 4.78 is 10.9. The Hall–Kier alpha value is -1.91. The number of aliphatic imine (C=N–C) groups is 1. The Kier molecular flexibility index (Phi) is 6.56. The number of rotatable bonds is 5. The van der Waals surface area contributed by atoms with Crippen molar-refractivity contribution < 1.29 is 9.47 Å². The normalized spacial score (nSPS) is 16.3. The summed E-state index contributed by atoms with van der Waals surface area (Å²) in [5.74, 6) is 3.32. The molecule has 5 heteroatoms. The number of nitrogens with zero attached hydrogens (tertiary/aromatic N) is 2. The minimum atomic E-state index is 0.578. The highest BCUT2D eigenvalue weighted by Gasteiger charge is 2.18. The number of ether oxygens (including phenoxy) is 2. The number of hydrogen-bond acceptors (Lipinski definition) is 3. The molecule has 128 valence electrons. The van der Waals surface area contributed by atoms with Gasteiger partial charge in [-0.05, 0) is 31.7 Å². The molecule has 1 aliphatic rings. The maximum atomic E-state index is 5.49. The minimum Gasteiger partial charge on any atom is -0.493 e. The van der Waals surface area contributed by atoms with E-state index in [2.05, 4.69) is 24.1 Å². The van der Waals surface area contributed by atoms with Crippen LogP contribution in [0.5, 0.6) is 11.5 Å². The quantitative estimate of drug-likeness (QED) is 0.669. The van der Waals surface area contributed by atoms with Gasteiger partial charge in [-0.25, -0.2) is 4.99 Å². The summed E-state index contributed by atoms with van der Waals surface area (Å²) in [5, 5.41) is 3.41. The van der Waals surface area contributed by atoms with Gasteiger partial charge in [-0.15, -0.1) is 0 Å². The standard InChI is InChI=1S/C18H29N3O2/c1-5-19-18(21-11-9-14(2)10-12-21)20-13-15-7-6-8-16(22-3)17(15)23-4/h6-8,14H,5,9-13H2,1-4H3,(H,19,20). The van der Waals surface area contributed by atoms with Crippen molar-refractivity contribution in [2.75, 3.05) is 33.9 Å². The lowest BCUT2D eigenvalue weighted by Crippen LogP contribution is -2.45. The van der Waals surface area contributed by atoms with Crippen LogP contribution < -0.4 is 14.8 Å². The first-order valence-electron chi connectivity index (χ1n) is 8.42. The fourth-order valence-electron chi connectivity index (χ4n) is 2.88. The van der Waals surface area contributed by atoms with Crippen LogP contribution in [-0.4, -0.2) is 44.7 Å². The number of piperidine rings is 1. The summed E-state index contributed by atoms with van der Waals surface area (Å²) in [6.45, 7) is 8.02. The Bertz CT molecular complexity index is 523. The van der Waals surface area contributed by atoms with Crippen LogP contribution in [0, 0.1) is 5.92 Å². The van der Waals surface area contributed by atoms with E-state index < -0.39 is 0 Å².